The van der Waals surface area contributed by atoms with Crippen LogP contribution >= 0.6 is 23.2 Å². The fourth-order valence-electron chi connectivity index (χ4n) is 4.44. The lowest BCUT2D eigenvalue weighted by Gasteiger charge is -2.30. The van der Waals surface area contributed by atoms with Gasteiger partial charge in [0.15, 0.2) is 5.78 Å². The van der Waals surface area contributed by atoms with E-state index >= 15 is 0 Å². The molecule has 0 unspecified atom stereocenters. The maximum Gasteiger partial charge on any atom is 0.274 e. The minimum Gasteiger partial charge on any atom is -0.497 e. The lowest BCUT2D eigenvalue weighted by molar-refractivity contribution is -0.154. The lowest BCUT2D eigenvalue weighted by atomic mass is 9.81. The number of ketones is 1. The molecule has 1 aliphatic carbocycles. The second-order valence-corrected chi connectivity index (χ2v) is 8.97. The summed E-state index contributed by atoms with van der Waals surface area (Å²) in [5.41, 5.74) is 0.320. The van der Waals surface area contributed by atoms with E-state index in [0.717, 1.165) is 22.9 Å². The van der Waals surface area contributed by atoms with Crippen molar-refractivity contribution in [2.45, 2.75) is 25.7 Å². The number of benzene rings is 2. The van der Waals surface area contributed by atoms with Crippen molar-refractivity contribution in [1.29, 1.82) is 0 Å². The second kappa shape index (κ2) is 9.53. The zero-order chi connectivity index (χ0) is 23.7. The van der Waals surface area contributed by atoms with E-state index in [9.17, 15) is 19.2 Å². The number of hydrogen-bond donors (Lipinski definition) is 0. The molecule has 7 nitrogen and oxygen atoms in total. The van der Waals surface area contributed by atoms with E-state index in [2.05, 4.69) is 0 Å². The highest BCUT2D eigenvalue weighted by molar-refractivity contribution is 6.36. The largest absolute Gasteiger partial charge is 0.497 e. The second-order valence-electron chi connectivity index (χ2n) is 8.13. The molecule has 4 rings (SSSR count). The van der Waals surface area contributed by atoms with Crippen LogP contribution in [-0.2, 0) is 9.59 Å². The third-order valence-electron chi connectivity index (χ3n) is 6.14. The fraction of sp³-hybridized carbons (Fsp3) is 0.333. The van der Waals surface area contributed by atoms with E-state index in [1.807, 2.05) is 0 Å². The number of amides is 3. The molecular weight excluding hydrogens is 467 g/mol. The Morgan fingerprint density at radius 2 is 1.70 bits per heavy atom. The summed E-state index contributed by atoms with van der Waals surface area (Å²) in [5.74, 6) is -2.58. The highest BCUT2D eigenvalue weighted by Crippen LogP contribution is 2.39. The minimum atomic E-state index is -0.728. The standard InChI is InChI=1S/C24H22Cl2N2O5/c1-33-16-6-4-5-14(11-16)21(29)13-27(22(30)19-10-9-15(25)12-20(19)26)28-23(31)17-7-2-3-8-18(17)24(28)32/h4-6,9-12,17-18H,2-3,7-8,13H2,1H3/t17-,18+. The van der Waals surface area contributed by atoms with Gasteiger partial charge < -0.3 is 4.74 Å². The minimum absolute atomic E-state index is 0.0370. The molecular formula is C24H22Cl2N2O5. The number of rotatable bonds is 6. The summed E-state index contributed by atoms with van der Waals surface area (Å²) < 4.78 is 5.17. The van der Waals surface area contributed by atoms with Gasteiger partial charge in [-0.15, -0.1) is 0 Å². The number of ether oxygens (including phenoxy) is 1. The van der Waals surface area contributed by atoms with Crippen LogP contribution < -0.4 is 4.74 Å². The van der Waals surface area contributed by atoms with Crippen molar-refractivity contribution in [2.75, 3.05) is 13.7 Å². The van der Waals surface area contributed by atoms with Gasteiger partial charge in [-0.2, -0.15) is 5.01 Å². The number of hydrogen-bond acceptors (Lipinski definition) is 5. The number of carbonyl (C=O) groups excluding carboxylic acids is 4. The summed E-state index contributed by atoms with van der Waals surface area (Å²) in [6.07, 6.45) is 2.85. The van der Waals surface area contributed by atoms with Gasteiger partial charge in [-0.3, -0.25) is 19.2 Å². The Balaban J connectivity index is 1.72. The van der Waals surface area contributed by atoms with Crippen LogP contribution in [0.25, 0.3) is 0 Å². The van der Waals surface area contributed by atoms with Crippen molar-refractivity contribution in [3.8, 4) is 5.75 Å². The Morgan fingerprint density at radius 1 is 1.03 bits per heavy atom. The summed E-state index contributed by atoms with van der Waals surface area (Å²) >= 11 is 12.2. The Bertz CT molecular complexity index is 1110. The van der Waals surface area contributed by atoms with Gasteiger partial charge in [0.25, 0.3) is 17.7 Å². The molecule has 0 radical (unpaired) electrons. The van der Waals surface area contributed by atoms with Crippen LogP contribution in [0.2, 0.25) is 10.0 Å². The molecule has 2 aromatic carbocycles. The molecule has 1 saturated heterocycles. The van der Waals surface area contributed by atoms with E-state index in [4.69, 9.17) is 27.9 Å². The number of hydrazine groups is 1. The monoisotopic (exact) mass is 488 g/mol. The molecule has 2 aliphatic rings. The van der Waals surface area contributed by atoms with E-state index in [1.54, 1.807) is 18.2 Å². The molecule has 1 aliphatic heterocycles. The molecule has 0 aromatic heterocycles. The number of methoxy groups -OCH3 is 1. The van der Waals surface area contributed by atoms with E-state index in [0.29, 0.717) is 23.6 Å². The molecule has 2 aromatic rings. The van der Waals surface area contributed by atoms with Crippen LogP contribution in [0.3, 0.4) is 0 Å². The highest BCUT2D eigenvalue weighted by Gasteiger charge is 2.52. The lowest BCUT2D eigenvalue weighted by Crippen LogP contribution is -2.52. The molecule has 9 heteroatoms. The summed E-state index contributed by atoms with van der Waals surface area (Å²) in [7, 11) is 1.48. The maximum absolute atomic E-state index is 13.5. The summed E-state index contributed by atoms with van der Waals surface area (Å²) in [6, 6.07) is 10.7. The van der Waals surface area contributed by atoms with Gasteiger partial charge in [-0.25, -0.2) is 5.01 Å². The van der Waals surface area contributed by atoms with E-state index < -0.39 is 41.9 Å². The first-order valence-corrected chi connectivity index (χ1v) is 11.4. The number of imide groups is 1. The van der Waals surface area contributed by atoms with Crippen LogP contribution in [0.15, 0.2) is 42.5 Å². The van der Waals surface area contributed by atoms with Crippen molar-refractivity contribution in [2.24, 2.45) is 11.8 Å². The van der Waals surface area contributed by atoms with Crippen molar-refractivity contribution in [1.82, 2.24) is 10.0 Å². The normalized spacial score (nSPS) is 19.9. The van der Waals surface area contributed by atoms with Crippen molar-refractivity contribution < 1.29 is 23.9 Å². The Kier molecular flexibility index (Phi) is 6.72. The van der Waals surface area contributed by atoms with Crippen molar-refractivity contribution in [3.63, 3.8) is 0 Å². The van der Waals surface area contributed by atoms with Gasteiger partial charge in [-0.05, 0) is 43.2 Å². The van der Waals surface area contributed by atoms with Crippen LogP contribution in [0.1, 0.15) is 46.4 Å². The summed E-state index contributed by atoms with van der Waals surface area (Å²) in [4.78, 5) is 53.1. The van der Waals surface area contributed by atoms with Crippen molar-refractivity contribution >= 4 is 46.7 Å². The summed E-state index contributed by atoms with van der Waals surface area (Å²) in [5, 5.41) is 2.16. The topological polar surface area (TPSA) is 84.0 Å². The first kappa shape index (κ1) is 23.3. The molecule has 172 valence electrons. The van der Waals surface area contributed by atoms with Gasteiger partial charge in [-0.1, -0.05) is 48.2 Å². The number of fused-ring (bicyclic) bond motifs is 1. The van der Waals surface area contributed by atoms with Gasteiger partial charge >= 0.3 is 0 Å². The van der Waals surface area contributed by atoms with Crippen molar-refractivity contribution in [3.05, 3.63) is 63.6 Å². The van der Waals surface area contributed by atoms with E-state index in [1.165, 1.54) is 31.4 Å². The van der Waals surface area contributed by atoms with E-state index in [-0.39, 0.29) is 16.1 Å². The number of carbonyl (C=O) groups is 4. The molecule has 33 heavy (non-hydrogen) atoms. The van der Waals surface area contributed by atoms with Crippen LogP contribution in [0, 0.1) is 11.8 Å². The Labute approximate surface area is 201 Å². The Morgan fingerprint density at radius 3 is 2.30 bits per heavy atom. The maximum atomic E-state index is 13.5. The first-order chi connectivity index (χ1) is 15.8. The van der Waals surface area contributed by atoms with Crippen LogP contribution in [0.5, 0.6) is 5.75 Å². The predicted molar refractivity (Wildman–Crippen MR) is 122 cm³/mol. The molecule has 2 atom stereocenters. The molecule has 1 saturated carbocycles. The van der Waals surface area contributed by atoms with Gasteiger partial charge in [0.05, 0.1) is 29.5 Å². The number of halogens is 2. The molecule has 0 N–H and O–H groups in total. The molecule has 1 heterocycles. The smallest absolute Gasteiger partial charge is 0.274 e. The molecule has 3 amide bonds. The average Bonchev–Trinajstić information content (AvgIpc) is 3.07. The molecule has 2 fully saturated rings. The number of Topliss-reactive ketones (excluding diaryl/α,β-unsaturated/α-hetero) is 1. The predicted octanol–water partition coefficient (Wildman–Crippen LogP) is 4.42. The third kappa shape index (κ3) is 4.48. The average molecular weight is 489 g/mol. The highest BCUT2D eigenvalue weighted by atomic mass is 35.5. The summed E-state index contributed by atoms with van der Waals surface area (Å²) in [6.45, 7) is -0.512. The first-order valence-electron chi connectivity index (χ1n) is 10.6. The number of nitrogens with zero attached hydrogens (tertiary/aromatic N) is 2. The van der Waals surface area contributed by atoms with Crippen LogP contribution in [0.4, 0.5) is 0 Å². The van der Waals surface area contributed by atoms with Gasteiger partial charge in [0.2, 0.25) is 0 Å². The Hall–Kier alpha value is -2.90. The zero-order valence-electron chi connectivity index (χ0n) is 17.9. The van der Waals surface area contributed by atoms with Crippen LogP contribution in [-0.4, -0.2) is 47.2 Å². The third-order valence-corrected chi connectivity index (χ3v) is 6.69. The SMILES string of the molecule is COc1cccc(C(=O)CN(C(=O)c2ccc(Cl)cc2Cl)N2C(=O)[C@H]3CCCC[C@H]3C2=O)c1. The fourth-order valence-corrected chi connectivity index (χ4v) is 4.93. The van der Waals surface area contributed by atoms with Gasteiger partial charge in [0.1, 0.15) is 12.3 Å². The molecule has 0 bridgehead atoms. The van der Waals surface area contributed by atoms with Gasteiger partial charge in [0, 0.05) is 10.6 Å². The zero-order valence-corrected chi connectivity index (χ0v) is 19.4. The quantitative estimate of drug-likeness (QED) is 0.443. The molecule has 0 spiro atoms.